The number of carboxylic acid groups (broad SMARTS) is 1. The van der Waals surface area contributed by atoms with Crippen molar-refractivity contribution in [2.45, 2.75) is 0 Å². The van der Waals surface area contributed by atoms with Gasteiger partial charge in [-0.15, -0.1) is 0 Å². The van der Waals surface area contributed by atoms with E-state index >= 15 is 0 Å². The molecule has 0 aromatic heterocycles. The molecule has 0 saturated heterocycles. The van der Waals surface area contributed by atoms with E-state index < -0.39 is 6.16 Å². The van der Waals surface area contributed by atoms with Crippen LogP contribution in [0.25, 0.3) is 0 Å². The van der Waals surface area contributed by atoms with Crippen LogP contribution in [0, 0.1) is 6.92 Å². The molecule has 0 aliphatic carbocycles. The van der Waals surface area contributed by atoms with Crippen molar-refractivity contribution >= 4 is 25.0 Å². The van der Waals surface area contributed by atoms with Crippen LogP contribution in [-0.4, -0.2) is 31.6 Å². The molecule has 2 radical (unpaired) electrons. The molecule has 0 fully saturated rings. The summed E-state index contributed by atoms with van der Waals surface area (Å²) in [7, 11) is 0. The molecule has 0 spiro atoms. The normalized spacial score (nSPS) is 5.62. The van der Waals surface area contributed by atoms with E-state index in [4.69, 9.17) is 0 Å². The molecule has 0 aliphatic rings. The number of carbonyl (C=O) groups excluding carboxylic acids is 1. The van der Waals surface area contributed by atoms with Crippen molar-refractivity contribution in [1.82, 2.24) is 0 Å². The number of ether oxygens (including phenoxy) is 1. The van der Waals surface area contributed by atoms with E-state index in [9.17, 15) is 9.90 Å². The summed E-state index contributed by atoms with van der Waals surface area (Å²) in [4.78, 5) is 9.23. The van der Waals surface area contributed by atoms with Gasteiger partial charge in [-0.2, -0.15) is 0 Å². The molecule has 0 heterocycles. The first-order valence-electron chi connectivity index (χ1n) is 1.40. The predicted molar refractivity (Wildman–Crippen MR) is 22.5 cm³/mol. The Morgan fingerprint density at radius 3 is 2.12 bits per heavy atom. The predicted octanol–water partition coefficient (Wildman–Crippen LogP) is -4.20. The van der Waals surface area contributed by atoms with Crippen LogP contribution in [0.4, 0.5) is 4.79 Å². The second-order valence-corrected chi connectivity index (χ2v) is 0.598. The molecule has 0 atom stereocenters. The summed E-state index contributed by atoms with van der Waals surface area (Å²) in [6.45, 7) is 3.00. The van der Waals surface area contributed by atoms with E-state index in [0.29, 0.717) is 0 Å². The Morgan fingerprint density at radius 2 is 2.12 bits per heavy atom. The van der Waals surface area contributed by atoms with Gasteiger partial charge in [0.05, 0.1) is 0 Å². The van der Waals surface area contributed by atoms with Crippen LogP contribution in [0.15, 0.2) is 0 Å². The van der Waals surface area contributed by atoms with E-state index in [1.54, 1.807) is 0 Å². The van der Waals surface area contributed by atoms with Crippen molar-refractivity contribution in [1.29, 1.82) is 0 Å². The number of hydrogen-bond donors (Lipinski definition) is 0. The van der Waals surface area contributed by atoms with Crippen molar-refractivity contribution in [3.63, 3.8) is 0 Å². The molecule has 3 nitrogen and oxygen atoms in total. The van der Waals surface area contributed by atoms with E-state index in [1.807, 2.05) is 0 Å². The molecule has 0 aliphatic heterocycles. The first-order valence-corrected chi connectivity index (χ1v) is 1.40. The summed E-state index contributed by atoms with van der Waals surface area (Å²) in [6, 6.07) is 0. The fourth-order valence-electron chi connectivity index (χ4n) is 0.0833. The third kappa shape index (κ3) is 16.1. The standard InChI is InChI=1S/C3H5O3.2Li/c1-2-6-3(4)5;;/h1-2H2,(H,4,5);;/q;;+1/p-1. The van der Waals surface area contributed by atoms with Gasteiger partial charge >= 0.3 is 18.9 Å². The molecular weight excluding hydrogens is 97.9 g/mol. The van der Waals surface area contributed by atoms with Crippen LogP contribution in [0.3, 0.4) is 0 Å². The summed E-state index contributed by atoms with van der Waals surface area (Å²) in [6.07, 6.45) is -1.52. The maximum Gasteiger partial charge on any atom is 1.00 e. The average Bonchev–Trinajstić information content (AvgIpc) is 1.35. The van der Waals surface area contributed by atoms with Gasteiger partial charge in [0.15, 0.2) is 0 Å². The minimum Gasteiger partial charge on any atom is -0.550 e. The van der Waals surface area contributed by atoms with Gasteiger partial charge in [-0.25, -0.2) is 0 Å². The van der Waals surface area contributed by atoms with Gasteiger partial charge < -0.3 is 14.6 Å². The van der Waals surface area contributed by atoms with Gasteiger partial charge in [0.1, 0.15) is 0 Å². The average molecular weight is 102 g/mol. The van der Waals surface area contributed by atoms with Crippen LogP contribution in [0.1, 0.15) is 0 Å². The van der Waals surface area contributed by atoms with Crippen LogP contribution < -0.4 is 24.0 Å². The van der Waals surface area contributed by atoms with E-state index in [1.165, 1.54) is 0 Å². The van der Waals surface area contributed by atoms with Crippen LogP contribution in [0.2, 0.25) is 0 Å². The topological polar surface area (TPSA) is 49.4 Å². The molecule has 0 amide bonds. The van der Waals surface area contributed by atoms with Gasteiger partial charge in [-0.1, -0.05) is 0 Å². The quantitative estimate of drug-likeness (QED) is 0.249. The van der Waals surface area contributed by atoms with Gasteiger partial charge in [-0.05, 0) is 6.92 Å². The van der Waals surface area contributed by atoms with Gasteiger partial charge in [0, 0.05) is 25.5 Å². The summed E-state index contributed by atoms with van der Waals surface area (Å²) >= 11 is 0. The SMILES string of the molecule is [CH2]COC(=O)[O-].[Li+].[Li]. The molecule has 0 aromatic rings. The fourth-order valence-corrected chi connectivity index (χ4v) is 0.0833. The molecule has 0 aromatic carbocycles. The molecule has 0 bridgehead atoms. The molecule has 8 heavy (non-hydrogen) atoms. The Hall–Kier alpha value is 0.465. The summed E-state index contributed by atoms with van der Waals surface area (Å²) in [5.74, 6) is 0. The van der Waals surface area contributed by atoms with Crippen molar-refractivity contribution in [3.8, 4) is 0 Å². The van der Waals surface area contributed by atoms with E-state index in [-0.39, 0.29) is 44.3 Å². The van der Waals surface area contributed by atoms with Crippen LogP contribution in [-0.2, 0) is 4.74 Å². The first kappa shape index (κ1) is 15.8. The second kappa shape index (κ2) is 10.4. The first-order chi connectivity index (χ1) is 2.77. The van der Waals surface area contributed by atoms with Crippen molar-refractivity contribution in [3.05, 3.63) is 6.92 Å². The zero-order chi connectivity index (χ0) is 4.99. The second-order valence-electron chi connectivity index (χ2n) is 0.598. The fraction of sp³-hybridized carbons (Fsp3) is 0.333. The van der Waals surface area contributed by atoms with E-state index in [0.717, 1.165) is 0 Å². The summed E-state index contributed by atoms with van der Waals surface area (Å²) < 4.78 is 3.74. The van der Waals surface area contributed by atoms with Crippen molar-refractivity contribution < 1.29 is 33.5 Å². The molecule has 5 heteroatoms. The monoisotopic (exact) mass is 102 g/mol. The van der Waals surface area contributed by atoms with Crippen molar-refractivity contribution in [2.75, 3.05) is 6.61 Å². The maximum atomic E-state index is 9.23. The largest absolute Gasteiger partial charge is 1.00 e. The summed E-state index contributed by atoms with van der Waals surface area (Å²) in [5.41, 5.74) is 0. The minimum absolute atomic E-state index is 0. The number of hydrogen-bond acceptors (Lipinski definition) is 3. The molecule has 0 unspecified atom stereocenters. The molecule has 0 N–H and O–H groups in total. The third-order valence-electron chi connectivity index (χ3n) is 0.220. The van der Waals surface area contributed by atoms with Crippen LogP contribution in [0.5, 0.6) is 0 Å². The summed E-state index contributed by atoms with van der Waals surface area (Å²) in [5, 5.41) is 9.23. The Balaban J connectivity index is -0.000000125. The number of rotatable bonds is 1. The van der Waals surface area contributed by atoms with Crippen LogP contribution >= 0.6 is 0 Å². The Bertz CT molecular complexity index is 56.5. The third-order valence-corrected chi connectivity index (χ3v) is 0.220. The van der Waals surface area contributed by atoms with Gasteiger partial charge in [0.2, 0.25) is 0 Å². The molecule has 0 saturated carbocycles. The Kier molecular flexibility index (Phi) is 20.6. The van der Waals surface area contributed by atoms with E-state index in [2.05, 4.69) is 11.7 Å². The van der Waals surface area contributed by atoms with Gasteiger partial charge in [0.25, 0.3) is 6.16 Å². The Labute approximate surface area is 72.1 Å². The smallest absolute Gasteiger partial charge is 0.550 e. The van der Waals surface area contributed by atoms with Crippen molar-refractivity contribution in [2.24, 2.45) is 0 Å². The maximum absolute atomic E-state index is 9.23. The minimum atomic E-state index is -1.52. The Morgan fingerprint density at radius 1 is 1.75 bits per heavy atom. The zero-order valence-corrected chi connectivity index (χ0v) is 5.14. The molecule has 36 valence electrons. The molecular formula is C3H4Li2O3. The zero-order valence-electron chi connectivity index (χ0n) is 5.14. The number of carbonyl (C=O) groups is 1. The molecule has 0 rings (SSSR count). The van der Waals surface area contributed by atoms with Gasteiger partial charge in [-0.3, -0.25) is 0 Å².